The van der Waals surface area contributed by atoms with Crippen molar-refractivity contribution in [3.8, 4) is 0 Å². The molecule has 0 atom stereocenters. The van der Waals surface area contributed by atoms with Crippen molar-refractivity contribution in [3.63, 3.8) is 0 Å². The van der Waals surface area contributed by atoms with Crippen LogP contribution in [0.15, 0.2) is 59.3 Å². The number of aromatic nitrogens is 1. The lowest BCUT2D eigenvalue weighted by atomic mass is 10.1. The van der Waals surface area contributed by atoms with Crippen LogP contribution in [0.5, 0.6) is 0 Å². The Bertz CT molecular complexity index is 753. The Hall–Kier alpha value is -1.87. The van der Waals surface area contributed by atoms with Crippen LogP contribution in [-0.2, 0) is 6.54 Å². The molecule has 0 bridgehead atoms. The first-order chi connectivity index (χ1) is 9.72. The highest BCUT2D eigenvalue weighted by molar-refractivity contribution is 9.10. The molecule has 1 N–H and O–H groups in total. The molecule has 1 aromatic heterocycles. The minimum Gasteiger partial charge on any atom is -0.381 e. The highest BCUT2D eigenvalue weighted by Gasteiger charge is 1.99. The van der Waals surface area contributed by atoms with Gasteiger partial charge in [0.25, 0.3) is 0 Å². The van der Waals surface area contributed by atoms with Crippen LogP contribution in [0.3, 0.4) is 0 Å². The van der Waals surface area contributed by atoms with Crippen molar-refractivity contribution in [1.82, 2.24) is 4.98 Å². The maximum atomic E-state index is 4.13. The predicted molar refractivity (Wildman–Crippen MR) is 87.9 cm³/mol. The third kappa shape index (κ3) is 2.83. The third-order valence-corrected chi connectivity index (χ3v) is 4.25. The van der Waals surface area contributed by atoms with E-state index in [1.54, 1.807) is 0 Å². The Morgan fingerprint density at radius 3 is 2.80 bits per heavy atom. The molecule has 0 fully saturated rings. The van der Waals surface area contributed by atoms with Gasteiger partial charge in [0.2, 0.25) is 0 Å². The number of nitrogens with zero attached hydrogens (tertiary/aromatic N) is 1. The van der Waals surface area contributed by atoms with Crippen LogP contribution in [0, 0.1) is 6.92 Å². The summed E-state index contributed by atoms with van der Waals surface area (Å²) in [6, 6.07) is 14.8. The van der Waals surface area contributed by atoms with Gasteiger partial charge in [-0.1, -0.05) is 28.1 Å². The lowest BCUT2D eigenvalue weighted by Crippen LogP contribution is -1.99. The molecule has 0 aliphatic carbocycles. The van der Waals surface area contributed by atoms with E-state index >= 15 is 0 Å². The smallest absolute Gasteiger partial charge is 0.0401 e. The van der Waals surface area contributed by atoms with Crippen molar-refractivity contribution in [3.05, 3.63) is 70.5 Å². The molecule has 0 spiro atoms. The van der Waals surface area contributed by atoms with Crippen LogP contribution in [0.25, 0.3) is 10.8 Å². The zero-order valence-corrected chi connectivity index (χ0v) is 12.8. The third-order valence-electron chi connectivity index (χ3n) is 3.36. The maximum Gasteiger partial charge on any atom is 0.0401 e. The zero-order chi connectivity index (χ0) is 13.9. The van der Waals surface area contributed by atoms with Crippen LogP contribution < -0.4 is 5.32 Å². The number of rotatable bonds is 3. The minimum absolute atomic E-state index is 0.819. The van der Waals surface area contributed by atoms with Crippen molar-refractivity contribution >= 4 is 32.4 Å². The van der Waals surface area contributed by atoms with Gasteiger partial charge in [-0.2, -0.15) is 0 Å². The van der Waals surface area contributed by atoms with Gasteiger partial charge in [0.15, 0.2) is 0 Å². The van der Waals surface area contributed by atoms with E-state index in [-0.39, 0.29) is 0 Å². The van der Waals surface area contributed by atoms with E-state index in [2.05, 4.69) is 69.6 Å². The van der Waals surface area contributed by atoms with E-state index in [1.165, 1.54) is 21.9 Å². The van der Waals surface area contributed by atoms with Crippen molar-refractivity contribution in [1.29, 1.82) is 0 Å². The molecule has 0 amide bonds. The van der Waals surface area contributed by atoms with Crippen molar-refractivity contribution in [2.24, 2.45) is 0 Å². The van der Waals surface area contributed by atoms with Gasteiger partial charge in [-0.3, -0.25) is 4.98 Å². The Labute approximate surface area is 127 Å². The second kappa shape index (κ2) is 5.63. The number of hydrogen-bond acceptors (Lipinski definition) is 2. The normalized spacial score (nSPS) is 10.7. The SMILES string of the molecule is Cc1cc(NCc2ccc3cnccc3c2)ccc1Br. The van der Waals surface area contributed by atoms with Gasteiger partial charge in [0, 0.05) is 34.5 Å². The predicted octanol–water partition coefficient (Wildman–Crippen LogP) is 4.92. The number of nitrogens with one attached hydrogen (secondary N) is 1. The quantitative estimate of drug-likeness (QED) is 0.739. The Balaban J connectivity index is 1.77. The Morgan fingerprint density at radius 1 is 1.05 bits per heavy atom. The van der Waals surface area contributed by atoms with Crippen LogP contribution in [0.2, 0.25) is 0 Å². The molecule has 2 aromatic carbocycles. The van der Waals surface area contributed by atoms with Gasteiger partial charge in [0.05, 0.1) is 0 Å². The van der Waals surface area contributed by atoms with Gasteiger partial charge < -0.3 is 5.32 Å². The summed E-state index contributed by atoms with van der Waals surface area (Å²) in [6.45, 7) is 2.91. The summed E-state index contributed by atoms with van der Waals surface area (Å²) in [4.78, 5) is 4.13. The minimum atomic E-state index is 0.819. The summed E-state index contributed by atoms with van der Waals surface area (Å²) in [5, 5.41) is 5.86. The van der Waals surface area contributed by atoms with E-state index in [4.69, 9.17) is 0 Å². The number of pyridine rings is 1. The number of benzene rings is 2. The number of halogens is 1. The fourth-order valence-electron chi connectivity index (χ4n) is 2.20. The molecule has 20 heavy (non-hydrogen) atoms. The number of fused-ring (bicyclic) bond motifs is 1. The zero-order valence-electron chi connectivity index (χ0n) is 11.2. The van der Waals surface area contributed by atoms with Crippen LogP contribution in [-0.4, -0.2) is 4.98 Å². The highest BCUT2D eigenvalue weighted by atomic mass is 79.9. The highest BCUT2D eigenvalue weighted by Crippen LogP contribution is 2.21. The van der Waals surface area contributed by atoms with Crippen molar-refractivity contribution in [2.45, 2.75) is 13.5 Å². The molecule has 0 radical (unpaired) electrons. The van der Waals surface area contributed by atoms with Crippen molar-refractivity contribution < 1.29 is 0 Å². The average Bonchev–Trinajstić information content (AvgIpc) is 2.48. The monoisotopic (exact) mass is 326 g/mol. The fraction of sp³-hybridized carbons (Fsp3) is 0.118. The number of anilines is 1. The molecule has 3 rings (SSSR count). The van der Waals surface area contributed by atoms with Crippen molar-refractivity contribution in [2.75, 3.05) is 5.32 Å². The molecule has 3 aromatic rings. The molecule has 1 heterocycles. The summed E-state index contributed by atoms with van der Waals surface area (Å²) >= 11 is 3.52. The van der Waals surface area contributed by atoms with E-state index in [1.807, 2.05) is 18.5 Å². The van der Waals surface area contributed by atoms with Gasteiger partial charge in [0.1, 0.15) is 0 Å². The van der Waals surface area contributed by atoms with Gasteiger partial charge in [-0.15, -0.1) is 0 Å². The molecule has 2 nitrogen and oxygen atoms in total. The molecule has 3 heteroatoms. The van der Waals surface area contributed by atoms with Gasteiger partial charge in [-0.05, 0) is 53.8 Å². The first-order valence-corrected chi connectivity index (χ1v) is 7.34. The Morgan fingerprint density at radius 2 is 1.95 bits per heavy atom. The number of hydrogen-bond donors (Lipinski definition) is 1. The van der Waals surface area contributed by atoms with Gasteiger partial charge >= 0.3 is 0 Å². The molecule has 0 unspecified atom stereocenters. The topological polar surface area (TPSA) is 24.9 Å². The average molecular weight is 327 g/mol. The summed E-state index contributed by atoms with van der Waals surface area (Å²) in [7, 11) is 0. The van der Waals surface area contributed by atoms with Gasteiger partial charge in [-0.25, -0.2) is 0 Å². The van der Waals surface area contributed by atoms with Crippen LogP contribution >= 0.6 is 15.9 Å². The standard InChI is InChI=1S/C17H15BrN2/c1-12-8-16(4-5-17(12)18)20-10-13-2-3-15-11-19-7-6-14(15)9-13/h2-9,11,20H,10H2,1H3. The van der Waals surface area contributed by atoms with Crippen LogP contribution in [0.1, 0.15) is 11.1 Å². The van der Waals surface area contributed by atoms with E-state index in [9.17, 15) is 0 Å². The summed E-state index contributed by atoms with van der Waals surface area (Å²) in [5.74, 6) is 0. The molecule has 0 aliphatic heterocycles. The second-order valence-electron chi connectivity index (χ2n) is 4.87. The summed E-state index contributed by atoms with van der Waals surface area (Å²) in [6.07, 6.45) is 3.72. The molecule has 0 saturated heterocycles. The van der Waals surface area contributed by atoms with E-state index in [0.717, 1.165) is 16.7 Å². The first kappa shape index (κ1) is 13.1. The Kier molecular flexibility index (Phi) is 3.70. The lowest BCUT2D eigenvalue weighted by molar-refractivity contribution is 1.15. The molecule has 0 aliphatic rings. The largest absolute Gasteiger partial charge is 0.381 e. The van der Waals surface area contributed by atoms with E-state index < -0.39 is 0 Å². The second-order valence-corrected chi connectivity index (χ2v) is 5.73. The van der Waals surface area contributed by atoms with Crippen LogP contribution in [0.4, 0.5) is 5.69 Å². The van der Waals surface area contributed by atoms with E-state index in [0.29, 0.717) is 0 Å². The summed E-state index contributed by atoms with van der Waals surface area (Å²) in [5.41, 5.74) is 3.64. The lowest BCUT2D eigenvalue weighted by Gasteiger charge is -2.09. The molecular formula is C17H15BrN2. The maximum absolute atomic E-state index is 4.13. The summed E-state index contributed by atoms with van der Waals surface area (Å²) < 4.78 is 1.14. The number of aryl methyl sites for hydroxylation is 1. The molecule has 100 valence electrons. The first-order valence-electron chi connectivity index (χ1n) is 6.55. The molecule has 0 saturated carbocycles. The molecular weight excluding hydrogens is 312 g/mol. The fourth-order valence-corrected chi connectivity index (χ4v) is 2.45.